The second-order valence-corrected chi connectivity index (χ2v) is 9.99. The highest BCUT2D eigenvalue weighted by Gasteiger charge is 2.36. The first kappa shape index (κ1) is 26.2. The number of ether oxygens (including phenoxy) is 1. The van der Waals surface area contributed by atoms with Crippen molar-refractivity contribution in [2.24, 2.45) is 0 Å². The van der Waals surface area contributed by atoms with Gasteiger partial charge in [-0.05, 0) is 58.7 Å². The molecule has 0 unspecified atom stereocenters. The molecular formula is C24H29F3N8O2. The van der Waals surface area contributed by atoms with Crippen LogP contribution in [0.5, 0.6) is 0 Å². The van der Waals surface area contributed by atoms with Gasteiger partial charge in [0.1, 0.15) is 22.7 Å². The Bertz CT molecular complexity index is 1300. The molecule has 0 aliphatic carbocycles. The third kappa shape index (κ3) is 5.75. The van der Waals surface area contributed by atoms with E-state index in [2.05, 4.69) is 49.2 Å². The van der Waals surface area contributed by atoms with Crippen LogP contribution >= 0.6 is 0 Å². The molecule has 10 nitrogen and oxygen atoms in total. The van der Waals surface area contributed by atoms with Gasteiger partial charge < -0.3 is 15.0 Å². The molecule has 3 aromatic heterocycles. The minimum atomic E-state index is -4.76. The number of alkyl halides is 3. The number of hydrogen-bond acceptors (Lipinski definition) is 8. The number of aromatic amines is 1. The summed E-state index contributed by atoms with van der Waals surface area (Å²) in [5.41, 5.74) is 0.736. The van der Waals surface area contributed by atoms with Crippen molar-refractivity contribution in [2.45, 2.75) is 58.9 Å². The molecule has 0 saturated heterocycles. The summed E-state index contributed by atoms with van der Waals surface area (Å²) in [6, 6.07) is 3.07. The number of nitrogens with one attached hydrogen (secondary N) is 2. The Balaban J connectivity index is 1.57. The van der Waals surface area contributed by atoms with Crippen molar-refractivity contribution >= 4 is 29.2 Å². The summed E-state index contributed by atoms with van der Waals surface area (Å²) < 4.78 is 46.9. The molecule has 0 atom stereocenters. The van der Waals surface area contributed by atoms with E-state index >= 15 is 0 Å². The molecule has 13 heteroatoms. The number of nitrogens with zero attached hydrogens (tertiary/aromatic N) is 6. The van der Waals surface area contributed by atoms with Crippen LogP contribution in [-0.2, 0) is 17.3 Å². The number of H-pyrrole nitrogens is 1. The predicted molar refractivity (Wildman–Crippen MR) is 133 cm³/mol. The maximum Gasteiger partial charge on any atom is 0.420 e. The second-order valence-electron chi connectivity index (χ2n) is 9.99. The molecule has 1 aliphatic heterocycles. The van der Waals surface area contributed by atoms with Crippen LogP contribution in [0.4, 0.5) is 41.1 Å². The summed E-state index contributed by atoms with van der Waals surface area (Å²) >= 11 is 0. The van der Waals surface area contributed by atoms with E-state index in [0.717, 1.165) is 41.4 Å². The maximum atomic E-state index is 13.9. The lowest BCUT2D eigenvalue weighted by atomic mass is 10.2. The Kier molecular flexibility index (Phi) is 6.74. The van der Waals surface area contributed by atoms with Crippen LogP contribution in [0.1, 0.15) is 45.7 Å². The van der Waals surface area contributed by atoms with E-state index in [0.29, 0.717) is 17.6 Å². The van der Waals surface area contributed by atoms with Gasteiger partial charge in [-0.1, -0.05) is 0 Å². The molecule has 0 bridgehead atoms. The fraction of sp³-hybridized carbons (Fsp3) is 0.458. The molecule has 0 aromatic carbocycles. The molecule has 1 aliphatic rings. The van der Waals surface area contributed by atoms with Crippen LogP contribution in [0.25, 0.3) is 11.5 Å². The van der Waals surface area contributed by atoms with E-state index in [-0.39, 0.29) is 11.6 Å². The summed E-state index contributed by atoms with van der Waals surface area (Å²) in [7, 11) is 1.31. The Morgan fingerprint density at radius 1 is 1.19 bits per heavy atom. The van der Waals surface area contributed by atoms with E-state index in [9.17, 15) is 18.0 Å². The van der Waals surface area contributed by atoms with Gasteiger partial charge in [0, 0.05) is 19.6 Å². The summed E-state index contributed by atoms with van der Waals surface area (Å²) in [5.74, 6) is -0.302. The molecule has 0 saturated carbocycles. The summed E-state index contributed by atoms with van der Waals surface area (Å²) in [6.45, 7) is 10.1. The van der Waals surface area contributed by atoms with Crippen LogP contribution in [0.3, 0.4) is 0 Å². The van der Waals surface area contributed by atoms with Gasteiger partial charge in [-0.15, -0.1) is 5.10 Å². The van der Waals surface area contributed by atoms with Crippen LogP contribution in [-0.4, -0.2) is 56.5 Å². The van der Waals surface area contributed by atoms with Gasteiger partial charge in [-0.2, -0.15) is 18.2 Å². The predicted octanol–water partition coefficient (Wildman–Crippen LogP) is 5.17. The Labute approximate surface area is 212 Å². The minimum absolute atomic E-state index is 0.0828. The van der Waals surface area contributed by atoms with Gasteiger partial charge >= 0.3 is 12.3 Å². The van der Waals surface area contributed by atoms with Crippen LogP contribution in [0.2, 0.25) is 0 Å². The first-order valence-corrected chi connectivity index (χ1v) is 11.7. The van der Waals surface area contributed by atoms with Crippen molar-refractivity contribution < 1.29 is 22.7 Å². The SMILES string of the molecule is CC(C)N1CCc2cc(-c3nc(Nc4ncc(N(C)C(=O)OC(C)(C)C)cc4C(F)(F)F)n[nH]3)ncc21. The first-order chi connectivity index (χ1) is 17.2. The smallest absolute Gasteiger partial charge is 0.420 e. The highest BCUT2D eigenvalue weighted by Crippen LogP contribution is 2.37. The van der Waals surface area contributed by atoms with Gasteiger partial charge in [-0.25, -0.2) is 9.78 Å². The van der Waals surface area contributed by atoms with Gasteiger partial charge in [0.05, 0.1) is 23.8 Å². The van der Waals surface area contributed by atoms with Crippen molar-refractivity contribution in [3.8, 4) is 11.5 Å². The molecule has 1 amide bonds. The van der Waals surface area contributed by atoms with E-state index in [1.807, 2.05) is 6.07 Å². The Morgan fingerprint density at radius 2 is 1.92 bits per heavy atom. The fourth-order valence-electron chi connectivity index (χ4n) is 3.90. The van der Waals surface area contributed by atoms with E-state index in [4.69, 9.17) is 4.74 Å². The number of pyridine rings is 2. The number of fused-ring (bicyclic) bond motifs is 1. The average molecular weight is 519 g/mol. The molecule has 0 radical (unpaired) electrons. The molecule has 0 spiro atoms. The van der Waals surface area contributed by atoms with E-state index < -0.39 is 29.3 Å². The molecule has 198 valence electrons. The number of carbonyl (C=O) groups excluding carboxylic acids is 1. The van der Waals surface area contributed by atoms with Crippen molar-refractivity contribution in [1.82, 2.24) is 25.1 Å². The molecule has 4 rings (SSSR count). The van der Waals surface area contributed by atoms with Crippen molar-refractivity contribution in [3.63, 3.8) is 0 Å². The molecule has 3 aromatic rings. The molecule has 37 heavy (non-hydrogen) atoms. The standard InChI is InChI=1S/C24H29F3N8O2/c1-13(2)35-8-7-14-9-17(28-12-18(14)35)20-31-21(33-32-20)30-19-16(24(25,26)27)10-15(11-29-19)34(6)22(36)37-23(3,4)5/h9-13H,7-8H2,1-6H3,(H2,29,30,31,32,33). The van der Waals surface area contributed by atoms with Crippen LogP contribution in [0.15, 0.2) is 24.5 Å². The summed E-state index contributed by atoms with van der Waals surface area (Å²) in [5, 5.41) is 9.22. The number of anilines is 4. The van der Waals surface area contributed by atoms with E-state index in [1.165, 1.54) is 7.05 Å². The lowest BCUT2D eigenvalue weighted by Crippen LogP contribution is -2.34. The summed E-state index contributed by atoms with van der Waals surface area (Å²) in [4.78, 5) is 28.1. The third-order valence-corrected chi connectivity index (χ3v) is 5.71. The monoisotopic (exact) mass is 518 g/mol. The van der Waals surface area contributed by atoms with Crippen molar-refractivity contribution in [3.05, 3.63) is 35.7 Å². The molecule has 0 fully saturated rings. The number of rotatable bonds is 5. The number of hydrogen-bond donors (Lipinski definition) is 2. The zero-order valence-electron chi connectivity index (χ0n) is 21.4. The molecular weight excluding hydrogens is 489 g/mol. The zero-order valence-corrected chi connectivity index (χ0v) is 21.4. The first-order valence-electron chi connectivity index (χ1n) is 11.7. The molecule has 2 N–H and O–H groups in total. The second kappa shape index (κ2) is 9.52. The van der Waals surface area contributed by atoms with Gasteiger partial charge in [0.15, 0.2) is 5.82 Å². The van der Waals surface area contributed by atoms with E-state index in [1.54, 1.807) is 27.0 Å². The third-order valence-electron chi connectivity index (χ3n) is 5.71. The molecule has 4 heterocycles. The lowest BCUT2D eigenvalue weighted by Gasteiger charge is -2.25. The number of amides is 1. The van der Waals surface area contributed by atoms with Gasteiger partial charge in [0.2, 0.25) is 5.95 Å². The van der Waals surface area contributed by atoms with Crippen molar-refractivity contribution in [1.29, 1.82) is 0 Å². The van der Waals surface area contributed by atoms with Crippen molar-refractivity contribution in [2.75, 3.05) is 28.7 Å². The number of halogens is 3. The number of carbonyl (C=O) groups is 1. The van der Waals surface area contributed by atoms with Gasteiger partial charge in [0.25, 0.3) is 0 Å². The quantitative estimate of drug-likeness (QED) is 0.476. The largest absolute Gasteiger partial charge is 0.443 e. The Hall–Kier alpha value is -3.90. The summed E-state index contributed by atoms with van der Waals surface area (Å²) in [6.07, 6.45) is -1.79. The topological polar surface area (TPSA) is 112 Å². The zero-order chi connectivity index (χ0) is 27.1. The lowest BCUT2D eigenvalue weighted by molar-refractivity contribution is -0.137. The minimum Gasteiger partial charge on any atom is -0.443 e. The Morgan fingerprint density at radius 3 is 2.57 bits per heavy atom. The van der Waals surface area contributed by atoms with Crippen LogP contribution < -0.4 is 15.1 Å². The maximum absolute atomic E-state index is 13.9. The highest BCUT2D eigenvalue weighted by atomic mass is 19.4. The van der Waals surface area contributed by atoms with Gasteiger partial charge in [-0.3, -0.25) is 15.0 Å². The normalized spacial score (nSPS) is 13.6. The fourth-order valence-corrected chi connectivity index (χ4v) is 3.90. The average Bonchev–Trinajstić information content (AvgIpc) is 3.43. The number of aromatic nitrogens is 5. The highest BCUT2D eigenvalue weighted by molar-refractivity contribution is 5.87. The van der Waals surface area contributed by atoms with Crippen LogP contribution in [0, 0.1) is 0 Å².